The molecule has 0 spiro atoms. The van der Waals surface area contributed by atoms with E-state index in [-0.39, 0.29) is 11.3 Å². The summed E-state index contributed by atoms with van der Waals surface area (Å²) in [6.07, 6.45) is 0. The zero-order valence-electron chi connectivity index (χ0n) is 8.56. The van der Waals surface area contributed by atoms with Crippen LogP contribution in [0, 0.1) is 12.7 Å². The fourth-order valence-corrected chi connectivity index (χ4v) is 1.27. The summed E-state index contributed by atoms with van der Waals surface area (Å²) in [4.78, 5) is 11.2. The van der Waals surface area contributed by atoms with Gasteiger partial charge >= 0.3 is 0 Å². The average molecular weight is 196 g/mol. The van der Waals surface area contributed by atoms with Gasteiger partial charge in [-0.25, -0.2) is 4.39 Å². The number of rotatable bonds is 3. The summed E-state index contributed by atoms with van der Waals surface area (Å²) in [5.41, 5.74) is 0.505. The van der Waals surface area contributed by atoms with E-state index in [1.54, 1.807) is 26.0 Å². The van der Waals surface area contributed by atoms with E-state index in [1.807, 2.05) is 0 Å². The maximum Gasteiger partial charge on any atom is 0.166 e. The van der Waals surface area contributed by atoms with Crippen molar-refractivity contribution >= 4 is 5.78 Å². The van der Waals surface area contributed by atoms with E-state index in [1.165, 1.54) is 6.92 Å². The summed E-state index contributed by atoms with van der Waals surface area (Å²) >= 11 is 0. The molecule has 0 amide bonds. The second-order valence-corrected chi connectivity index (χ2v) is 3.06. The third-order valence-electron chi connectivity index (χ3n) is 1.95. The molecule has 1 aromatic carbocycles. The molecular formula is C11H13FO2. The van der Waals surface area contributed by atoms with Crippen molar-refractivity contribution in [3.8, 4) is 5.75 Å². The minimum absolute atomic E-state index is 0.0480. The number of halogens is 1. The Morgan fingerprint density at radius 2 is 2.14 bits per heavy atom. The van der Waals surface area contributed by atoms with Gasteiger partial charge in [-0.3, -0.25) is 4.79 Å². The predicted octanol–water partition coefficient (Wildman–Crippen LogP) is 2.74. The molecule has 2 nitrogen and oxygen atoms in total. The van der Waals surface area contributed by atoms with Crippen LogP contribution in [0.25, 0.3) is 0 Å². The van der Waals surface area contributed by atoms with Crippen molar-refractivity contribution in [2.75, 3.05) is 6.61 Å². The molecule has 0 aliphatic carbocycles. The highest BCUT2D eigenvalue weighted by Crippen LogP contribution is 2.24. The Hall–Kier alpha value is -1.38. The van der Waals surface area contributed by atoms with Gasteiger partial charge in [-0.05, 0) is 32.4 Å². The Morgan fingerprint density at radius 3 is 2.64 bits per heavy atom. The molecule has 1 aromatic rings. The molecule has 0 unspecified atom stereocenters. The number of benzene rings is 1. The summed E-state index contributed by atoms with van der Waals surface area (Å²) < 4.78 is 18.7. The Bertz CT molecular complexity index is 359. The lowest BCUT2D eigenvalue weighted by Crippen LogP contribution is -2.05. The van der Waals surface area contributed by atoms with Gasteiger partial charge in [-0.1, -0.05) is 6.07 Å². The summed E-state index contributed by atoms with van der Waals surface area (Å²) in [5.74, 6) is -0.471. The van der Waals surface area contributed by atoms with Crippen LogP contribution in [0.3, 0.4) is 0 Å². The molecule has 0 fully saturated rings. The summed E-state index contributed by atoms with van der Waals surface area (Å²) in [7, 11) is 0. The van der Waals surface area contributed by atoms with Crippen molar-refractivity contribution in [3.63, 3.8) is 0 Å². The highest BCUT2D eigenvalue weighted by atomic mass is 19.1. The Labute approximate surface area is 82.7 Å². The number of carbonyl (C=O) groups excluding carboxylic acids is 1. The summed E-state index contributed by atoms with van der Waals surface area (Å²) in [6, 6.07) is 3.23. The molecule has 14 heavy (non-hydrogen) atoms. The third kappa shape index (κ3) is 1.92. The van der Waals surface area contributed by atoms with Gasteiger partial charge in [-0.15, -0.1) is 0 Å². The van der Waals surface area contributed by atoms with Crippen molar-refractivity contribution in [1.82, 2.24) is 0 Å². The highest BCUT2D eigenvalue weighted by molar-refractivity contribution is 5.97. The fourth-order valence-electron chi connectivity index (χ4n) is 1.27. The Balaban J connectivity index is 3.30. The van der Waals surface area contributed by atoms with E-state index in [2.05, 4.69) is 0 Å². The van der Waals surface area contributed by atoms with Gasteiger partial charge < -0.3 is 4.74 Å². The molecule has 0 radical (unpaired) electrons. The van der Waals surface area contributed by atoms with Crippen molar-refractivity contribution in [2.24, 2.45) is 0 Å². The molecule has 0 aliphatic heterocycles. The molecule has 0 saturated carbocycles. The van der Waals surface area contributed by atoms with Gasteiger partial charge in [0.25, 0.3) is 0 Å². The summed E-state index contributed by atoms with van der Waals surface area (Å²) in [5, 5.41) is 0. The first-order valence-corrected chi connectivity index (χ1v) is 4.50. The molecule has 0 heterocycles. The molecule has 0 saturated heterocycles. The van der Waals surface area contributed by atoms with Gasteiger partial charge in [-0.2, -0.15) is 0 Å². The number of Topliss-reactive ketones (excluding diaryl/α,β-unsaturated/α-hetero) is 1. The molecule has 0 bridgehead atoms. The first kappa shape index (κ1) is 10.7. The van der Waals surface area contributed by atoms with Crippen LogP contribution in [-0.4, -0.2) is 12.4 Å². The smallest absolute Gasteiger partial charge is 0.166 e. The molecule has 3 heteroatoms. The lowest BCUT2D eigenvalue weighted by molar-refractivity contribution is 0.101. The second kappa shape index (κ2) is 4.22. The van der Waals surface area contributed by atoms with Crippen LogP contribution >= 0.6 is 0 Å². The monoisotopic (exact) mass is 196 g/mol. The highest BCUT2D eigenvalue weighted by Gasteiger charge is 2.15. The zero-order chi connectivity index (χ0) is 10.7. The zero-order valence-corrected chi connectivity index (χ0v) is 8.56. The summed E-state index contributed by atoms with van der Waals surface area (Å²) in [6.45, 7) is 5.17. The van der Waals surface area contributed by atoms with Crippen LogP contribution in [0.1, 0.15) is 29.8 Å². The quantitative estimate of drug-likeness (QED) is 0.695. The number of ether oxygens (including phenoxy) is 1. The fraction of sp³-hybridized carbons (Fsp3) is 0.364. The SMILES string of the molecule is CCOc1ccc(C)c(F)c1C(C)=O. The van der Waals surface area contributed by atoms with Crippen molar-refractivity contribution in [3.05, 3.63) is 29.1 Å². The molecule has 0 aliphatic rings. The second-order valence-electron chi connectivity index (χ2n) is 3.06. The van der Waals surface area contributed by atoms with Gasteiger partial charge in [0.15, 0.2) is 5.78 Å². The topological polar surface area (TPSA) is 26.3 Å². The van der Waals surface area contributed by atoms with Crippen LogP contribution in [0.2, 0.25) is 0 Å². The number of carbonyl (C=O) groups is 1. The van der Waals surface area contributed by atoms with Gasteiger partial charge in [0.2, 0.25) is 0 Å². The van der Waals surface area contributed by atoms with Gasteiger partial charge in [0, 0.05) is 0 Å². The molecule has 0 N–H and O–H groups in total. The van der Waals surface area contributed by atoms with Crippen LogP contribution in [-0.2, 0) is 0 Å². The number of hydrogen-bond acceptors (Lipinski definition) is 2. The first-order valence-electron chi connectivity index (χ1n) is 4.50. The van der Waals surface area contributed by atoms with Crippen LogP contribution in [0.4, 0.5) is 4.39 Å². The van der Waals surface area contributed by atoms with E-state index < -0.39 is 5.82 Å². The standard InChI is InChI=1S/C11H13FO2/c1-4-14-9-6-5-7(2)11(12)10(9)8(3)13/h5-6H,4H2,1-3H3. The predicted molar refractivity (Wildman–Crippen MR) is 52.3 cm³/mol. The van der Waals surface area contributed by atoms with Gasteiger partial charge in [0.1, 0.15) is 11.6 Å². The molecule has 1 rings (SSSR count). The largest absolute Gasteiger partial charge is 0.493 e. The lowest BCUT2D eigenvalue weighted by atomic mass is 10.1. The van der Waals surface area contributed by atoms with E-state index in [0.29, 0.717) is 17.9 Å². The van der Waals surface area contributed by atoms with Crippen molar-refractivity contribution in [2.45, 2.75) is 20.8 Å². The Morgan fingerprint density at radius 1 is 1.50 bits per heavy atom. The maximum absolute atomic E-state index is 13.5. The van der Waals surface area contributed by atoms with Crippen LogP contribution < -0.4 is 4.74 Å². The minimum atomic E-state index is -0.483. The van der Waals surface area contributed by atoms with E-state index in [9.17, 15) is 9.18 Å². The molecule has 0 atom stereocenters. The number of aryl methyl sites for hydroxylation is 1. The van der Waals surface area contributed by atoms with Gasteiger partial charge in [0.05, 0.1) is 12.2 Å². The van der Waals surface area contributed by atoms with Crippen molar-refractivity contribution in [1.29, 1.82) is 0 Å². The van der Waals surface area contributed by atoms with Crippen molar-refractivity contribution < 1.29 is 13.9 Å². The van der Waals surface area contributed by atoms with E-state index in [0.717, 1.165) is 0 Å². The molecule has 0 aromatic heterocycles. The maximum atomic E-state index is 13.5. The van der Waals surface area contributed by atoms with E-state index in [4.69, 9.17) is 4.74 Å². The van der Waals surface area contributed by atoms with E-state index >= 15 is 0 Å². The molecule has 76 valence electrons. The Kier molecular flexibility index (Phi) is 3.23. The third-order valence-corrected chi connectivity index (χ3v) is 1.95. The van der Waals surface area contributed by atoms with Crippen LogP contribution in [0.5, 0.6) is 5.75 Å². The lowest BCUT2D eigenvalue weighted by Gasteiger charge is -2.09. The average Bonchev–Trinajstić information content (AvgIpc) is 2.11. The minimum Gasteiger partial charge on any atom is -0.493 e. The first-order chi connectivity index (χ1) is 6.57. The molecular weight excluding hydrogens is 183 g/mol. The number of ketones is 1. The van der Waals surface area contributed by atoms with Crippen LogP contribution in [0.15, 0.2) is 12.1 Å². The number of hydrogen-bond donors (Lipinski definition) is 0. The normalized spacial score (nSPS) is 10.0.